The lowest BCUT2D eigenvalue weighted by Gasteiger charge is -2.15. The fourth-order valence-electron chi connectivity index (χ4n) is 3.07. The summed E-state index contributed by atoms with van der Waals surface area (Å²) in [5.74, 6) is 0.466. The molecule has 6 nitrogen and oxygen atoms in total. The van der Waals surface area contributed by atoms with E-state index in [4.69, 9.17) is 13.5 Å². The van der Waals surface area contributed by atoms with Gasteiger partial charge in [-0.2, -0.15) is 0 Å². The number of hydrogen-bond donors (Lipinski definition) is 1. The molecule has 2 aromatic carbocycles. The summed E-state index contributed by atoms with van der Waals surface area (Å²) in [6.07, 6.45) is 0. The molecule has 1 heterocycles. The maximum Gasteiger partial charge on any atom is 0.385 e. The Hall–Kier alpha value is -2.40. The molecule has 0 bridgehead atoms. The van der Waals surface area contributed by atoms with Gasteiger partial charge in [0.2, 0.25) is 17.2 Å². The Bertz CT molecular complexity index is 879. The van der Waals surface area contributed by atoms with Gasteiger partial charge in [0.1, 0.15) is 0 Å². The van der Waals surface area contributed by atoms with Crippen LogP contribution < -0.4 is 10.8 Å². The van der Waals surface area contributed by atoms with Crippen LogP contribution in [0, 0.1) is 0 Å². The van der Waals surface area contributed by atoms with Crippen molar-refractivity contribution in [2.24, 2.45) is 0 Å². The monoisotopic (exact) mass is 400 g/mol. The summed E-state index contributed by atoms with van der Waals surface area (Å²) in [5, 5.41) is 2.93. The van der Waals surface area contributed by atoms with E-state index in [9.17, 15) is 4.57 Å². The molecule has 3 aromatic rings. The van der Waals surface area contributed by atoms with E-state index in [1.807, 2.05) is 60.7 Å². The molecule has 1 aromatic heterocycles. The van der Waals surface area contributed by atoms with Crippen molar-refractivity contribution in [2.75, 3.05) is 25.6 Å². The number of benzene rings is 2. The SMILES string of the molecule is CCOP(=O)(OCC)c1nc(C(c2ccccc2)c2ccccc2)oc1NC. The van der Waals surface area contributed by atoms with Crippen molar-refractivity contribution >= 4 is 18.9 Å². The Morgan fingerprint density at radius 2 is 1.46 bits per heavy atom. The van der Waals surface area contributed by atoms with Gasteiger partial charge >= 0.3 is 7.60 Å². The van der Waals surface area contributed by atoms with E-state index < -0.39 is 7.60 Å². The zero-order valence-electron chi connectivity index (χ0n) is 16.3. The third kappa shape index (κ3) is 4.20. The second-order valence-electron chi connectivity index (χ2n) is 6.04. The van der Waals surface area contributed by atoms with Gasteiger partial charge in [-0.3, -0.25) is 4.57 Å². The Kier molecular flexibility index (Phi) is 6.68. The normalized spacial score (nSPS) is 11.7. The molecule has 0 aliphatic rings. The molecule has 0 saturated carbocycles. The average molecular weight is 400 g/mol. The van der Waals surface area contributed by atoms with Crippen LogP contribution >= 0.6 is 7.60 Å². The number of hydrogen-bond acceptors (Lipinski definition) is 6. The van der Waals surface area contributed by atoms with Crippen LogP contribution in [0.2, 0.25) is 0 Å². The molecule has 148 valence electrons. The van der Waals surface area contributed by atoms with E-state index in [0.29, 0.717) is 5.89 Å². The van der Waals surface area contributed by atoms with Crippen molar-refractivity contribution in [1.82, 2.24) is 4.98 Å². The lowest BCUT2D eigenvalue weighted by Crippen LogP contribution is -2.16. The van der Waals surface area contributed by atoms with Crippen LogP contribution in [0.15, 0.2) is 65.1 Å². The highest BCUT2D eigenvalue weighted by molar-refractivity contribution is 7.62. The van der Waals surface area contributed by atoms with Crippen LogP contribution in [-0.4, -0.2) is 25.2 Å². The molecule has 0 unspecified atom stereocenters. The first-order valence-electron chi connectivity index (χ1n) is 9.31. The van der Waals surface area contributed by atoms with Crippen LogP contribution in [0.5, 0.6) is 0 Å². The minimum absolute atomic E-state index is 0.172. The van der Waals surface area contributed by atoms with E-state index >= 15 is 0 Å². The first kappa shape index (κ1) is 20.3. The largest absolute Gasteiger partial charge is 0.423 e. The quantitative estimate of drug-likeness (QED) is 0.521. The smallest absolute Gasteiger partial charge is 0.385 e. The molecule has 0 aliphatic carbocycles. The number of anilines is 1. The van der Waals surface area contributed by atoms with Gasteiger partial charge in [0.15, 0.2) is 0 Å². The zero-order chi connectivity index (χ0) is 20.0. The molecule has 0 amide bonds. The van der Waals surface area contributed by atoms with Gasteiger partial charge in [-0.05, 0) is 25.0 Å². The Balaban J connectivity index is 2.14. The first-order valence-corrected chi connectivity index (χ1v) is 10.8. The molecule has 3 rings (SSSR count). The third-order valence-corrected chi connectivity index (χ3v) is 6.24. The summed E-state index contributed by atoms with van der Waals surface area (Å²) in [6, 6.07) is 19.9. The molecule has 0 aliphatic heterocycles. The van der Waals surface area contributed by atoms with Crippen molar-refractivity contribution in [3.63, 3.8) is 0 Å². The lowest BCUT2D eigenvalue weighted by atomic mass is 9.91. The highest BCUT2D eigenvalue weighted by Crippen LogP contribution is 2.49. The third-order valence-electron chi connectivity index (χ3n) is 4.22. The van der Waals surface area contributed by atoms with Crippen LogP contribution in [0.25, 0.3) is 0 Å². The molecule has 0 saturated heterocycles. The van der Waals surface area contributed by atoms with Crippen molar-refractivity contribution in [3.05, 3.63) is 77.7 Å². The predicted octanol–water partition coefficient (Wildman–Crippen LogP) is 4.79. The van der Waals surface area contributed by atoms with Crippen LogP contribution in [-0.2, 0) is 13.6 Å². The van der Waals surface area contributed by atoms with Crippen molar-refractivity contribution < 1.29 is 18.0 Å². The van der Waals surface area contributed by atoms with Gasteiger partial charge in [0.25, 0.3) is 0 Å². The zero-order valence-corrected chi connectivity index (χ0v) is 17.2. The summed E-state index contributed by atoms with van der Waals surface area (Å²) in [7, 11) is -1.90. The van der Waals surface area contributed by atoms with Gasteiger partial charge in [0.05, 0.1) is 19.1 Å². The number of nitrogens with zero attached hydrogens (tertiary/aromatic N) is 1. The van der Waals surface area contributed by atoms with Crippen molar-refractivity contribution in [3.8, 4) is 0 Å². The van der Waals surface area contributed by atoms with E-state index in [2.05, 4.69) is 10.3 Å². The molecular formula is C21H25N2O4P. The molecule has 0 atom stereocenters. The topological polar surface area (TPSA) is 73.6 Å². The minimum Gasteiger partial charge on any atom is -0.423 e. The molecule has 0 spiro atoms. The van der Waals surface area contributed by atoms with Crippen molar-refractivity contribution in [2.45, 2.75) is 19.8 Å². The summed E-state index contributed by atoms with van der Waals surface area (Å²) >= 11 is 0. The minimum atomic E-state index is -3.60. The molecule has 0 radical (unpaired) electrons. The maximum absolute atomic E-state index is 13.3. The Morgan fingerprint density at radius 1 is 0.964 bits per heavy atom. The van der Waals surface area contributed by atoms with E-state index in [1.54, 1.807) is 20.9 Å². The van der Waals surface area contributed by atoms with Gasteiger partial charge < -0.3 is 18.8 Å². The highest BCUT2D eigenvalue weighted by atomic mass is 31.2. The maximum atomic E-state index is 13.3. The fourth-order valence-corrected chi connectivity index (χ4v) is 4.69. The molecule has 7 heteroatoms. The fraction of sp³-hybridized carbons (Fsp3) is 0.286. The Morgan fingerprint density at radius 3 is 1.89 bits per heavy atom. The van der Waals surface area contributed by atoms with Crippen molar-refractivity contribution in [1.29, 1.82) is 0 Å². The Labute approximate surface area is 165 Å². The van der Waals surface area contributed by atoms with E-state index in [1.165, 1.54) is 0 Å². The molecule has 0 fully saturated rings. The molecular weight excluding hydrogens is 375 g/mol. The predicted molar refractivity (Wildman–Crippen MR) is 110 cm³/mol. The molecule has 1 N–H and O–H groups in total. The summed E-state index contributed by atoms with van der Waals surface area (Å²) in [6.45, 7) is 4.01. The second kappa shape index (κ2) is 9.20. The number of nitrogens with one attached hydrogen (secondary N) is 1. The molecule has 28 heavy (non-hydrogen) atoms. The van der Waals surface area contributed by atoms with Crippen LogP contribution in [0.1, 0.15) is 36.8 Å². The summed E-state index contributed by atoms with van der Waals surface area (Å²) in [5.41, 5.74) is 2.21. The highest BCUT2D eigenvalue weighted by Gasteiger charge is 2.37. The first-order chi connectivity index (χ1) is 13.6. The van der Waals surface area contributed by atoms with E-state index in [-0.39, 0.29) is 30.5 Å². The van der Waals surface area contributed by atoms with Crippen LogP contribution in [0.3, 0.4) is 0 Å². The number of oxazole rings is 1. The van der Waals surface area contributed by atoms with Gasteiger partial charge in [-0.25, -0.2) is 4.98 Å². The average Bonchev–Trinajstić information content (AvgIpc) is 3.15. The van der Waals surface area contributed by atoms with Gasteiger partial charge in [0, 0.05) is 7.05 Å². The summed E-state index contributed by atoms with van der Waals surface area (Å²) in [4.78, 5) is 4.60. The standard InChI is InChI=1S/C21H25N2O4P/c1-4-25-28(24,26-5-2)21-20(22-3)27-19(23-21)18(16-12-8-6-9-13-16)17-14-10-7-11-15-17/h6-15,18,22H,4-5H2,1-3H3. The second-order valence-corrected chi connectivity index (χ2v) is 7.98. The van der Waals surface area contributed by atoms with Gasteiger partial charge in [-0.1, -0.05) is 60.7 Å². The van der Waals surface area contributed by atoms with E-state index in [0.717, 1.165) is 11.1 Å². The lowest BCUT2D eigenvalue weighted by molar-refractivity contribution is 0.229. The number of aromatic nitrogens is 1. The van der Waals surface area contributed by atoms with Gasteiger partial charge in [-0.15, -0.1) is 0 Å². The van der Waals surface area contributed by atoms with Crippen LogP contribution in [0.4, 0.5) is 5.88 Å². The number of rotatable bonds is 9. The summed E-state index contributed by atoms with van der Waals surface area (Å²) < 4.78 is 30.3.